The molecule has 1 amide bonds. The van der Waals surface area contributed by atoms with E-state index in [1.165, 1.54) is 5.56 Å². The van der Waals surface area contributed by atoms with Crippen LogP contribution in [0, 0.1) is 0 Å². The Morgan fingerprint density at radius 1 is 1.00 bits per heavy atom. The third kappa shape index (κ3) is 4.11. The van der Waals surface area contributed by atoms with Gasteiger partial charge >= 0.3 is 5.97 Å². The van der Waals surface area contributed by atoms with Crippen LogP contribution in [0.2, 0.25) is 0 Å². The van der Waals surface area contributed by atoms with Gasteiger partial charge in [-0.1, -0.05) is 42.5 Å². The molecule has 0 unspecified atom stereocenters. The van der Waals surface area contributed by atoms with E-state index < -0.39 is 5.97 Å². The fourth-order valence-corrected chi connectivity index (χ4v) is 3.33. The number of ether oxygens (including phenoxy) is 1. The summed E-state index contributed by atoms with van der Waals surface area (Å²) in [6.45, 7) is 0.988. The minimum absolute atomic E-state index is 0.0863. The molecule has 1 aromatic heterocycles. The topological polar surface area (TPSA) is 64.4 Å². The lowest BCUT2D eigenvalue weighted by Gasteiger charge is -2.28. The molecule has 0 saturated heterocycles. The van der Waals surface area contributed by atoms with Crippen LogP contribution in [-0.2, 0) is 33.7 Å². The largest absolute Gasteiger partial charge is 0.455 e. The van der Waals surface area contributed by atoms with Gasteiger partial charge in [0.2, 0.25) is 0 Å². The number of para-hydroxylation sites is 1. The van der Waals surface area contributed by atoms with Crippen molar-refractivity contribution in [2.45, 2.75) is 19.4 Å². The normalized spacial score (nSPS) is 13.1. The molecule has 1 aliphatic heterocycles. The Morgan fingerprint density at radius 3 is 2.57 bits per heavy atom. The van der Waals surface area contributed by atoms with Crippen molar-refractivity contribution >= 4 is 11.9 Å². The van der Waals surface area contributed by atoms with Crippen molar-refractivity contribution in [2.24, 2.45) is 0 Å². The number of aromatic nitrogens is 2. The number of fused-ring (bicyclic) bond motifs is 1. The molecule has 0 atom stereocenters. The molecule has 142 valence electrons. The minimum Gasteiger partial charge on any atom is -0.455 e. The molecule has 4 rings (SSSR count). The van der Waals surface area contributed by atoms with Crippen LogP contribution >= 0.6 is 0 Å². The van der Waals surface area contributed by atoms with E-state index in [0.717, 1.165) is 23.2 Å². The van der Waals surface area contributed by atoms with E-state index in [4.69, 9.17) is 4.74 Å². The second-order valence-electron chi connectivity index (χ2n) is 6.80. The van der Waals surface area contributed by atoms with E-state index in [2.05, 4.69) is 11.2 Å². The average molecular weight is 375 g/mol. The Kier molecular flexibility index (Phi) is 5.19. The maximum absolute atomic E-state index is 12.4. The maximum Gasteiger partial charge on any atom is 0.310 e. The Morgan fingerprint density at radius 2 is 1.75 bits per heavy atom. The lowest BCUT2D eigenvalue weighted by Crippen LogP contribution is -2.38. The molecule has 0 saturated carbocycles. The number of hydrogen-bond acceptors (Lipinski definition) is 4. The molecule has 6 heteroatoms. The van der Waals surface area contributed by atoms with Crippen LogP contribution in [0.25, 0.3) is 5.69 Å². The van der Waals surface area contributed by atoms with Gasteiger partial charge in [-0.3, -0.25) is 9.59 Å². The highest BCUT2D eigenvalue weighted by atomic mass is 16.5. The predicted molar refractivity (Wildman–Crippen MR) is 104 cm³/mol. The molecule has 28 heavy (non-hydrogen) atoms. The van der Waals surface area contributed by atoms with E-state index in [1.54, 1.807) is 22.0 Å². The Bertz CT molecular complexity index is 981. The molecule has 6 nitrogen and oxygen atoms in total. The molecule has 0 aliphatic carbocycles. The zero-order valence-electron chi connectivity index (χ0n) is 15.5. The van der Waals surface area contributed by atoms with Gasteiger partial charge in [-0.2, -0.15) is 5.10 Å². The van der Waals surface area contributed by atoms with Gasteiger partial charge in [-0.15, -0.1) is 0 Å². The molecule has 0 radical (unpaired) electrons. The number of esters is 1. The Labute approximate surface area is 163 Å². The average Bonchev–Trinajstić information content (AvgIpc) is 3.20. The van der Waals surface area contributed by atoms with Crippen LogP contribution in [0.5, 0.6) is 0 Å². The summed E-state index contributed by atoms with van der Waals surface area (Å²) in [6, 6.07) is 17.8. The lowest BCUT2D eigenvalue weighted by molar-refractivity contribution is -0.151. The lowest BCUT2D eigenvalue weighted by atomic mass is 10.00. The zero-order chi connectivity index (χ0) is 19.3. The van der Waals surface area contributed by atoms with Crippen molar-refractivity contribution in [3.8, 4) is 5.69 Å². The summed E-state index contributed by atoms with van der Waals surface area (Å²) in [5.74, 6) is -0.596. The molecular formula is C22H21N3O3. The third-order valence-corrected chi connectivity index (χ3v) is 4.85. The molecule has 2 heterocycles. The van der Waals surface area contributed by atoms with E-state index >= 15 is 0 Å². The zero-order valence-corrected chi connectivity index (χ0v) is 15.5. The molecule has 0 spiro atoms. The first-order chi connectivity index (χ1) is 13.7. The maximum atomic E-state index is 12.4. The quantitative estimate of drug-likeness (QED) is 0.643. The highest BCUT2D eigenvalue weighted by Crippen LogP contribution is 2.18. The molecular weight excluding hydrogens is 354 g/mol. The highest BCUT2D eigenvalue weighted by molar-refractivity contribution is 5.81. The predicted octanol–water partition coefficient (Wildman–Crippen LogP) is 2.54. The summed E-state index contributed by atoms with van der Waals surface area (Å²) in [4.78, 5) is 26.2. The third-order valence-electron chi connectivity index (χ3n) is 4.85. The van der Waals surface area contributed by atoms with Gasteiger partial charge in [0.1, 0.15) is 0 Å². The molecule has 1 aliphatic rings. The smallest absolute Gasteiger partial charge is 0.310 e. The van der Waals surface area contributed by atoms with Gasteiger partial charge in [0, 0.05) is 24.8 Å². The van der Waals surface area contributed by atoms with Gasteiger partial charge in [0.05, 0.1) is 18.3 Å². The van der Waals surface area contributed by atoms with E-state index in [1.807, 2.05) is 48.5 Å². The fraction of sp³-hybridized carbons (Fsp3) is 0.227. The summed E-state index contributed by atoms with van der Waals surface area (Å²) in [6.07, 6.45) is 4.34. The first-order valence-electron chi connectivity index (χ1n) is 9.28. The first kappa shape index (κ1) is 18.0. The van der Waals surface area contributed by atoms with Gasteiger partial charge in [0.15, 0.2) is 6.61 Å². The second-order valence-corrected chi connectivity index (χ2v) is 6.80. The van der Waals surface area contributed by atoms with Crippen molar-refractivity contribution in [2.75, 3.05) is 13.2 Å². The monoisotopic (exact) mass is 375 g/mol. The highest BCUT2D eigenvalue weighted by Gasteiger charge is 2.21. The van der Waals surface area contributed by atoms with Crippen LogP contribution in [-0.4, -0.2) is 39.7 Å². The number of benzene rings is 2. The van der Waals surface area contributed by atoms with Crippen molar-refractivity contribution < 1.29 is 14.3 Å². The second kappa shape index (κ2) is 8.08. The number of carbonyl (C=O) groups excluding carboxylic acids is 2. The fourth-order valence-electron chi connectivity index (χ4n) is 3.33. The van der Waals surface area contributed by atoms with Crippen LogP contribution < -0.4 is 0 Å². The molecule has 0 N–H and O–H groups in total. The van der Waals surface area contributed by atoms with E-state index in [0.29, 0.717) is 13.1 Å². The SMILES string of the molecule is O=C(Cc1cnn(-c2ccccc2)c1)OCC(=O)N1CCc2ccccc2C1. The number of carbonyl (C=O) groups is 2. The van der Waals surface area contributed by atoms with Crippen molar-refractivity contribution in [1.29, 1.82) is 0 Å². The molecule has 2 aromatic carbocycles. The molecule has 0 fully saturated rings. The van der Waals surface area contributed by atoms with Gasteiger partial charge in [-0.05, 0) is 29.7 Å². The van der Waals surface area contributed by atoms with Crippen molar-refractivity contribution in [3.63, 3.8) is 0 Å². The van der Waals surface area contributed by atoms with Crippen LogP contribution in [0.1, 0.15) is 16.7 Å². The summed E-state index contributed by atoms with van der Waals surface area (Å²) in [7, 11) is 0. The van der Waals surface area contributed by atoms with E-state index in [-0.39, 0.29) is 18.9 Å². The summed E-state index contributed by atoms with van der Waals surface area (Å²) in [5.41, 5.74) is 4.09. The first-order valence-corrected chi connectivity index (χ1v) is 9.28. The molecule has 3 aromatic rings. The van der Waals surface area contributed by atoms with Crippen LogP contribution in [0.4, 0.5) is 0 Å². The standard InChI is InChI=1S/C22H21N3O3/c26-21(24-11-10-18-6-4-5-7-19(18)15-24)16-28-22(27)12-17-13-23-25(14-17)20-8-2-1-3-9-20/h1-9,13-14H,10-12,15-16H2. The van der Waals surface area contributed by atoms with Gasteiger partial charge < -0.3 is 9.64 Å². The molecule has 0 bridgehead atoms. The summed E-state index contributed by atoms with van der Waals surface area (Å²) < 4.78 is 6.90. The number of nitrogens with zero attached hydrogens (tertiary/aromatic N) is 3. The van der Waals surface area contributed by atoms with Gasteiger partial charge in [-0.25, -0.2) is 4.68 Å². The number of hydrogen-bond donors (Lipinski definition) is 0. The summed E-state index contributed by atoms with van der Waals surface area (Å²) >= 11 is 0. The summed E-state index contributed by atoms with van der Waals surface area (Å²) in [5, 5.41) is 4.26. The van der Waals surface area contributed by atoms with Gasteiger partial charge in [0.25, 0.3) is 5.91 Å². The number of rotatable bonds is 5. The van der Waals surface area contributed by atoms with Crippen LogP contribution in [0.3, 0.4) is 0 Å². The minimum atomic E-state index is -0.432. The van der Waals surface area contributed by atoms with Crippen LogP contribution in [0.15, 0.2) is 67.0 Å². The Balaban J connectivity index is 1.28. The van der Waals surface area contributed by atoms with Crippen molar-refractivity contribution in [3.05, 3.63) is 83.7 Å². The number of amides is 1. The Hall–Kier alpha value is -3.41. The van der Waals surface area contributed by atoms with Crippen molar-refractivity contribution in [1.82, 2.24) is 14.7 Å². The van der Waals surface area contributed by atoms with E-state index in [9.17, 15) is 9.59 Å².